The standard InChI is InChI=1S/C28H25BrN4.CH5N.CH4O/c1-19-7-6-9-23(15-19)22-13-11-21(12-14-22)17-30-27-16-26(24-10-5-3-4-8-20(24)2)32-28-25(29)18-31-33(27)28;2*1-2/h3-4,6-16,18,30H,5,17H2,1-2H3;2H2,1H3;2H,1H3. The van der Waals surface area contributed by atoms with E-state index in [9.17, 15) is 0 Å². The van der Waals surface area contributed by atoms with Gasteiger partial charge in [-0.15, -0.1) is 0 Å². The number of aliphatic hydroxyl groups is 1. The molecular weight excluding hydrogens is 526 g/mol. The maximum Gasteiger partial charge on any atom is 0.172 e. The first-order valence-corrected chi connectivity index (χ1v) is 12.9. The number of anilines is 1. The number of aliphatic hydroxyl groups excluding tert-OH is 1. The molecule has 2 aromatic heterocycles. The first-order chi connectivity index (χ1) is 18.1. The molecule has 0 amide bonds. The van der Waals surface area contributed by atoms with Crippen molar-refractivity contribution in [3.05, 3.63) is 112 Å². The predicted octanol–water partition coefficient (Wildman–Crippen LogP) is 6.55. The van der Waals surface area contributed by atoms with E-state index in [0.717, 1.165) is 40.7 Å². The van der Waals surface area contributed by atoms with Crippen molar-refractivity contribution in [3.63, 3.8) is 0 Å². The summed E-state index contributed by atoms with van der Waals surface area (Å²) < 4.78 is 2.73. The number of fused-ring (bicyclic) bond motifs is 1. The smallest absolute Gasteiger partial charge is 0.172 e. The fourth-order valence-corrected chi connectivity index (χ4v) is 4.41. The van der Waals surface area contributed by atoms with E-state index in [4.69, 9.17) is 10.1 Å². The largest absolute Gasteiger partial charge is 0.400 e. The number of hydrogen-bond acceptors (Lipinski definition) is 5. The van der Waals surface area contributed by atoms with Gasteiger partial charge in [0.1, 0.15) is 5.82 Å². The molecule has 0 saturated heterocycles. The zero-order chi connectivity index (χ0) is 26.8. The number of nitrogens with zero attached hydrogens (tertiary/aromatic N) is 3. The molecule has 4 aromatic rings. The van der Waals surface area contributed by atoms with E-state index in [1.165, 1.54) is 34.9 Å². The molecule has 2 aromatic carbocycles. The van der Waals surface area contributed by atoms with Gasteiger partial charge in [-0.3, -0.25) is 0 Å². The second-order valence-electron chi connectivity index (χ2n) is 8.31. The molecule has 4 N–H and O–H groups in total. The Morgan fingerprint density at radius 1 is 1.03 bits per heavy atom. The molecule has 0 atom stereocenters. The third-order valence-corrected chi connectivity index (χ3v) is 6.41. The van der Waals surface area contributed by atoms with Crippen LogP contribution < -0.4 is 11.1 Å². The number of nitrogens with two attached hydrogens (primary N) is 1. The van der Waals surface area contributed by atoms with E-state index in [1.54, 1.807) is 6.20 Å². The minimum absolute atomic E-state index is 0.694. The topological polar surface area (TPSA) is 88.5 Å². The Hall–Kier alpha value is -3.52. The van der Waals surface area contributed by atoms with E-state index >= 15 is 0 Å². The highest BCUT2D eigenvalue weighted by Crippen LogP contribution is 2.29. The summed E-state index contributed by atoms with van der Waals surface area (Å²) in [5.41, 5.74) is 13.5. The number of rotatable bonds is 5. The van der Waals surface area contributed by atoms with Crippen molar-refractivity contribution in [2.45, 2.75) is 26.8 Å². The molecule has 0 radical (unpaired) electrons. The number of hydrogen-bond donors (Lipinski definition) is 3. The van der Waals surface area contributed by atoms with Crippen LogP contribution in [0.2, 0.25) is 0 Å². The minimum Gasteiger partial charge on any atom is -0.400 e. The van der Waals surface area contributed by atoms with E-state index < -0.39 is 0 Å². The fourth-order valence-electron chi connectivity index (χ4n) is 4.07. The van der Waals surface area contributed by atoms with Crippen LogP contribution in [0.5, 0.6) is 0 Å². The summed E-state index contributed by atoms with van der Waals surface area (Å²) in [5.74, 6) is 0.911. The normalized spacial score (nSPS) is 12.4. The van der Waals surface area contributed by atoms with Crippen LogP contribution in [0.4, 0.5) is 5.82 Å². The molecule has 37 heavy (non-hydrogen) atoms. The van der Waals surface area contributed by atoms with Crippen molar-refractivity contribution >= 4 is 33.0 Å². The summed E-state index contributed by atoms with van der Waals surface area (Å²) in [4.78, 5) is 4.90. The number of halogens is 1. The van der Waals surface area contributed by atoms with Crippen LogP contribution in [0.15, 0.2) is 95.1 Å². The summed E-state index contributed by atoms with van der Waals surface area (Å²) in [7, 11) is 2.50. The Bertz CT molecular complexity index is 1420. The zero-order valence-corrected chi connectivity index (χ0v) is 23.3. The Labute approximate surface area is 227 Å². The second kappa shape index (κ2) is 13.7. The molecule has 192 valence electrons. The first kappa shape index (κ1) is 28.1. The van der Waals surface area contributed by atoms with Gasteiger partial charge < -0.3 is 16.2 Å². The lowest BCUT2D eigenvalue weighted by Crippen LogP contribution is -2.08. The molecule has 1 aliphatic rings. The van der Waals surface area contributed by atoms with E-state index in [2.05, 4.69) is 125 Å². The molecule has 0 aliphatic heterocycles. The SMILES string of the molecule is CC1=CC=CCC=C1c1cc(NCc2ccc(-c3cccc(C)c3)cc2)n2ncc(Br)c2n1.CN.CO. The molecule has 0 spiro atoms. The van der Waals surface area contributed by atoms with E-state index in [1.807, 2.05) is 4.52 Å². The lowest BCUT2D eigenvalue weighted by molar-refractivity contribution is 0.399. The predicted molar refractivity (Wildman–Crippen MR) is 158 cm³/mol. The fraction of sp³-hybridized carbons (Fsp3) is 0.200. The van der Waals surface area contributed by atoms with Gasteiger partial charge in [-0.05, 0) is 71.1 Å². The molecule has 0 saturated carbocycles. The van der Waals surface area contributed by atoms with E-state index in [-0.39, 0.29) is 0 Å². The van der Waals surface area contributed by atoms with Gasteiger partial charge in [0.05, 0.1) is 16.4 Å². The monoisotopic (exact) mass is 559 g/mol. The van der Waals surface area contributed by atoms with Gasteiger partial charge in [0.25, 0.3) is 0 Å². The average molecular weight is 561 g/mol. The highest BCUT2D eigenvalue weighted by atomic mass is 79.9. The summed E-state index contributed by atoms with van der Waals surface area (Å²) in [5, 5.41) is 15.1. The Morgan fingerprint density at radius 3 is 2.51 bits per heavy atom. The molecule has 0 unspecified atom stereocenters. The molecular formula is C30H34BrN5O. The van der Waals surface area contributed by atoms with Crippen LogP contribution in [0.25, 0.3) is 22.3 Å². The number of aryl methyl sites for hydroxylation is 1. The van der Waals surface area contributed by atoms with Gasteiger partial charge in [-0.2, -0.15) is 9.61 Å². The average Bonchev–Trinajstić information content (AvgIpc) is 3.18. The number of allylic oxidation sites excluding steroid dienone is 6. The van der Waals surface area contributed by atoms with E-state index in [0.29, 0.717) is 6.54 Å². The maximum absolute atomic E-state index is 7.00. The third kappa shape index (κ3) is 6.83. The van der Waals surface area contributed by atoms with Crippen LogP contribution in [0.1, 0.15) is 30.2 Å². The molecule has 1 aliphatic carbocycles. The van der Waals surface area contributed by atoms with Gasteiger partial charge in [-0.1, -0.05) is 78.4 Å². The number of aromatic nitrogens is 3. The van der Waals surface area contributed by atoms with Crippen molar-refractivity contribution in [3.8, 4) is 11.1 Å². The van der Waals surface area contributed by atoms with Crippen molar-refractivity contribution in [2.75, 3.05) is 19.5 Å². The van der Waals surface area contributed by atoms with Crippen molar-refractivity contribution in [2.24, 2.45) is 5.73 Å². The van der Waals surface area contributed by atoms with Crippen molar-refractivity contribution < 1.29 is 5.11 Å². The third-order valence-electron chi connectivity index (χ3n) is 5.85. The molecule has 0 bridgehead atoms. The summed E-state index contributed by atoms with van der Waals surface area (Å²) in [6, 6.07) is 19.4. The van der Waals surface area contributed by atoms with Crippen LogP contribution in [0, 0.1) is 6.92 Å². The Morgan fingerprint density at radius 2 is 1.78 bits per heavy atom. The summed E-state index contributed by atoms with van der Waals surface area (Å²) >= 11 is 3.60. The van der Waals surface area contributed by atoms with Crippen LogP contribution >= 0.6 is 15.9 Å². The zero-order valence-electron chi connectivity index (χ0n) is 21.7. The van der Waals surface area contributed by atoms with Crippen molar-refractivity contribution in [1.29, 1.82) is 0 Å². The van der Waals surface area contributed by atoms with Crippen molar-refractivity contribution in [1.82, 2.24) is 14.6 Å². The summed E-state index contributed by atoms with van der Waals surface area (Å²) in [6.45, 7) is 4.94. The number of benzene rings is 2. The quantitative estimate of drug-likeness (QED) is 0.258. The molecule has 6 nitrogen and oxygen atoms in total. The lowest BCUT2D eigenvalue weighted by Gasteiger charge is -2.13. The number of nitrogens with one attached hydrogen (secondary N) is 1. The Kier molecular flexibility index (Phi) is 10.4. The maximum atomic E-state index is 7.00. The van der Waals surface area contributed by atoms with Gasteiger partial charge in [0, 0.05) is 19.7 Å². The minimum atomic E-state index is 0.694. The summed E-state index contributed by atoms with van der Waals surface area (Å²) in [6.07, 6.45) is 11.3. The van der Waals surface area contributed by atoms with Gasteiger partial charge >= 0.3 is 0 Å². The second-order valence-corrected chi connectivity index (χ2v) is 9.16. The molecule has 7 heteroatoms. The molecule has 5 rings (SSSR count). The van der Waals surface area contributed by atoms with Crippen LogP contribution in [-0.2, 0) is 6.54 Å². The van der Waals surface area contributed by atoms with Gasteiger partial charge in [0.15, 0.2) is 5.65 Å². The molecule has 2 heterocycles. The molecule has 0 fully saturated rings. The first-order valence-electron chi connectivity index (χ1n) is 12.1. The highest BCUT2D eigenvalue weighted by Gasteiger charge is 2.14. The van der Waals surface area contributed by atoms with Gasteiger partial charge in [-0.25, -0.2) is 4.98 Å². The van der Waals surface area contributed by atoms with Gasteiger partial charge in [0.2, 0.25) is 0 Å². The van der Waals surface area contributed by atoms with Crippen LogP contribution in [-0.4, -0.2) is 33.9 Å². The lowest BCUT2D eigenvalue weighted by atomic mass is 10.0. The highest BCUT2D eigenvalue weighted by molar-refractivity contribution is 9.10. The Balaban J connectivity index is 0.000000907. The van der Waals surface area contributed by atoms with Crippen LogP contribution in [0.3, 0.4) is 0 Å².